The molecule has 1 aliphatic heterocycles. The van der Waals surface area contributed by atoms with Crippen LogP contribution in [0, 0.1) is 0 Å². The van der Waals surface area contributed by atoms with Crippen LogP contribution < -0.4 is 11.0 Å². The summed E-state index contributed by atoms with van der Waals surface area (Å²) in [7, 11) is 1.76. The fourth-order valence-electron chi connectivity index (χ4n) is 5.57. The van der Waals surface area contributed by atoms with Crippen molar-refractivity contribution in [1.29, 1.82) is 0 Å². The van der Waals surface area contributed by atoms with E-state index in [1.165, 1.54) is 0 Å². The van der Waals surface area contributed by atoms with Crippen molar-refractivity contribution < 1.29 is 4.74 Å². The first-order chi connectivity index (χ1) is 17.6. The first kappa shape index (κ1) is 24.2. The molecule has 1 fully saturated rings. The lowest BCUT2D eigenvalue weighted by atomic mass is 9.78. The maximum absolute atomic E-state index is 14.0. The summed E-state index contributed by atoms with van der Waals surface area (Å²) in [6.07, 6.45) is 17.5. The zero-order chi connectivity index (χ0) is 25.0. The van der Waals surface area contributed by atoms with E-state index in [9.17, 15) is 4.79 Å². The van der Waals surface area contributed by atoms with Gasteiger partial charge < -0.3 is 10.1 Å². The number of benzene rings is 1. The number of nitrogens with one attached hydrogen (secondary N) is 2. The zero-order valence-electron chi connectivity index (χ0n) is 21.1. The number of ether oxygens (including phenoxy) is 1. The number of H-pyrrole nitrogens is 1. The van der Waals surface area contributed by atoms with Gasteiger partial charge in [0.1, 0.15) is 0 Å². The van der Waals surface area contributed by atoms with Gasteiger partial charge in [0.25, 0.3) is 0 Å². The molecular formula is C27H35N7O2. The maximum Gasteiger partial charge on any atom is 0.328 e. The molecule has 1 aliphatic carbocycles. The van der Waals surface area contributed by atoms with E-state index in [4.69, 9.17) is 4.74 Å². The van der Waals surface area contributed by atoms with Gasteiger partial charge in [-0.3, -0.25) is 9.13 Å². The quantitative estimate of drug-likeness (QED) is 0.473. The summed E-state index contributed by atoms with van der Waals surface area (Å²) in [4.78, 5) is 14.0. The van der Waals surface area contributed by atoms with Crippen LogP contribution in [0.2, 0.25) is 0 Å². The molecule has 0 amide bonds. The summed E-state index contributed by atoms with van der Waals surface area (Å²) < 4.78 is 9.75. The van der Waals surface area contributed by atoms with Crippen LogP contribution in [0.4, 0.5) is 0 Å². The third-order valence-corrected chi connectivity index (χ3v) is 7.58. The third kappa shape index (κ3) is 4.67. The molecule has 3 heterocycles. The molecule has 5 rings (SSSR count). The number of aromatic nitrogens is 6. The fourth-order valence-corrected chi connectivity index (χ4v) is 5.57. The molecule has 1 saturated carbocycles. The van der Waals surface area contributed by atoms with E-state index in [1.54, 1.807) is 7.11 Å². The van der Waals surface area contributed by atoms with Gasteiger partial charge in [-0.1, -0.05) is 56.5 Å². The van der Waals surface area contributed by atoms with Gasteiger partial charge in [0.05, 0.1) is 17.6 Å². The number of aromatic amines is 1. The van der Waals surface area contributed by atoms with Gasteiger partial charge in [-0.15, -0.1) is 10.2 Å². The van der Waals surface area contributed by atoms with Crippen molar-refractivity contribution in [1.82, 2.24) is 35.1 Å². The van der Waals surface area contributed by atoms with Crippen molar-refractivity contribution in [2.24, 2.45) is 0 Å². The minimum Gasteiger partial charge on any atom is -0.379 e. The fraction of sp³-hybridized carbons (Fsp3) is 0.481. The Morgan fingerprint density at radius 2 is 2.03 bits per heavy atom. The molecule has 1 aromatic carbocycles. The topological polar surface area (TPSA) is 103 Å². The lowest BCUT2D eigenvalue weighted by molar-refractivity contribution is 0.0276. The van der Waals surface area contributed by atoms with Gasteiger partial charge in [0, 0.05) is 31.1 Å². The van der Waals surface area contributed by atoms with Gasteiger partial charge in [0.15, 0.2) is 0 Å². The van der Waals surface area contributed by atoms with Crippen LogP contribution >= 0.6 is 0 Å². The SMILES string of the molecule is CCCCc1cn(C2CCCCC2OC)c(=O)n1CC1(c2cccc(-c3nn[nH]n3)c2)C=CNC=C1. The second kappa shape index (κ2) is 10.7. The minimum atomic E-state index is -0.505. The number of hydrogen-bond acceptors (Lipinski definition) is 6. The lowest BCUT2D eigenvalue weighted by Gasteiger charge is -2.32. The van der Waals surface area contributed by atoms with Gasteiger partial charge in [-0.2, -0.15) is 5.21 Å². The van der Waals surface area contributed by atoms with Crippen LogP contribution in [0.1, 0.15) is 62.7 Å². The van der Waals surface area contributed by atoms with Gasteiger partial charge in [0.2, 0.25) is 5.82 Å². The Bertz CT molecular complexity index is 1260. The highest BCUT2D eigenvalue weighted by Crippen LogP contribution is 2.34. The standard InChI is InChI=1S/C27H35N7O2/c1-3-4-10-22-18-33(23-11-5-6-12-24(23)36-2)26(35)34(22)19-27(13-15-28-16-14-27)21-9-7-8-20(17-21)25-29-31-32-30-25/h7-9,13-18,23-24,28H,3-6,10-12,19H2,1-2H3,(H,29,30,31,32). The number of allylic oxidation sites excluding steroid dienone is 2. The molecule has 36 heavy (non-hydrogen) atoms. The van der Waals surface area contributed by atoms with Crippen LogP contribution in [-0.2, 0) is 23.1 Å². The molecule has 190 valence electrons. The average Bonchev–Trinajstić information content (AvgIpc) is 3.57. The van der Waals surface area contributed by atoms with Crippen molar-refractivity contribution in [2.45, 2.75) is 76.0 Å². The zero-order valence-corrected chi connectivity index (χ0v) is 21.1. The van der Waals surface area contributed by atoms with E-state index < -0.39 is 5.41 Å². The number of unbranched alkanes of at least 4 members (excludes halogenated alkanes) is 1. The highest BCUT2D eigenvalue weighted by atomic mass is 16.5. The Labute approximate surface area is 211 Å². The minimum absolute atomic E-state index is 0.0454. The summed E-state index contributed by atoms with van der Waals surface area (Å²) >= 11 is 0. The van der Waals surface area contributed by atoms with Gasteiger partial charge >= 0.3 is 5.69 Å². The molecule has 2 atom stereocenters. The second-order valence-corrected chi connectivity index (χ2v) is 9.82. The lowest BCUT2D eigenvalue weighted by Crippen LogP contribution is -2.39. The first-order valence-corrected chi connectivity index (χ1v) is 12.9. The number of imidazole rings is 1. The highest BCUT2D eigenvalue weighted by Gasteiger charge is 2.33. The number of hydrogen-bond donors (Lipinski definition) is 2. The summed E-state index contributed by atoms with van der Waals surface area (Å²) in [6, 6.07) is 8.23. The highest BCUT2D eigenvalue weighted by molar-refractivity contribution is 5.57. The monoisotopic (exact) mass is 489 g/mol. The Morgan fingerprint density at radius 1 is 1.19 bits per heavy atom. The van der Waals surface area contributed by atoms with E-state index in [2.05, 4.69) is 63.3 Å². The first-order valence-electron chi connectivity index (χ1n) is 12.9. The summed E-state index contributed by atoms with van der Waals surface area (Å²) in [5, 5.41) is 17.7. The van der Waals surface area contributed by atoms with Crippen LogP contribution in [0.25, 0.3) is 11.4 Å². The molecule has 2 aliphatic rings. The Balaban J connectivity index is 1.57. The molecule has 2 unspecified atom stereocenters. The van der Waals surface area contributed by atoms with E-state index in [0.717, 1.165) is 61.8 Å². The van der Waals surface area contributed by atoms with E-state index in [0.29, 0.717) is 12.4 Å². The third-order valence-electron chi connectivity index (χ3n) is 7.58. The number of tetrazole rings is 1. The molecule has 3 aromatic rings. The normalized spacial score (nSPS) is 20.9. The number of nitrogens with zero attached hydrogens (tertiary/aromatic N) is 5. The molecule has 9 nitrogen and oxygen atoms in total. The molecule has 2 aromatic heterocycles. The molecular weight excluding hydrogens is 454 g/mol. The largest absolute Gasteiger partial charge is 0.379 e. The van der Waals surface area contributed by atoms with Crippen LogP contribution in [0.15, 0.2) is 59.8 Å². The summed E-state index contributed by atoms with van der Waals surface area (Å²) in [5.41, 5.74) is 2.56. The number of methoxy groups -OCH3 is 1. The maximum atomic E-state index is 14.0. The van der Waals surface area contributed by atoms with Gasteiger partial charge in [-0.05, 0) is 54.9 Å². The molecule has 0 radical (unpaired) electrons. The Morgan fingerprint density at radius 3 is 2.78 bits per heavy atom. The van der Waals surface area contributed by atoms with E-state index in [1.807, 2.05) is 33.7 Å². The smallest absolute Gasteiger partial charge is 0.328 e. The Kier molecular flexibility index (Phi) is 7.18. The number of rotatable bonds is 9. The van der Waals surface area contributed by atoms with Crippen molar-refractivity contribution in [3.8, 4) is 11.4 Å². The average molecular weight is 490 g/mol. The predicted octanol–water partition coefficient (Wildman–Crippen LogP) is 3.87. The second-order valence-electron chi connectivity index (χ2n) is 9.82. The number of aryl methyl sites for hydroxylation is 1. The van der Waals surface area contributed by atoms with E-state index >= 15 is 0 Å². The van der Waals surface area contributed by atoms with Crippen LogP contribution in [-0.4, -0.2) is 43.0 Å². The summed E-state index contributed by atoms with van der Waals surface area (Å²) in [5.74, 6) is 0.545. The molecule has 0 saturated heterocycles. The molecule has 9 heteroatoms. The molecule has 2 N–H and O–H groups in total. The van der Waals surface area contributed by atoms with Crippen molar-refractivity contribution in [3.05, 3.63) is 76.8 Å². The number of dihydropyridines is 1. The molecule has 0 spiro atoms. The summed E-state index contributed by atoms with van der Waals surface area (Å²) in [6.45, 7) is 2.69. The van der Waals surface area contributed by atoms with Crippen LogP contribution in [0.3, 0.4) is 0 Å². The Hall–Kier alpha value is -3.46. The van der Waals surface area contributed by atoms with Gasteiger partial charge in [-0.25, -0.2) is 4.79 Å². The van der Waals surface area contributed by atoms with Crippen molar-refractivity contribution >= 4 is 0 Å². The van der Waals surface area contributed by atoms with Crippen molar-refractivity contribution in [2.75, 3.05) is 7.11 Å². The van der Waals surface area contributed by atoms with E-state index in [-0.39, 0.29) is 17.8 Å². The molecule has 0 bridgehead atoms. The van der Waals surface area contributed by atoms with Crippen molar-refractivity contribution in [3.63, 3.8) is 0 Å². The van der Waals surface area contributed by atoms with Crippen LogP contribution in [0.5, 0.6) is 0 Å². The predicted molar refractivity (Wildman–Crippen MR) is 138 cm³/mol.